The Bertz CT molecular complexity index is 1620. The summed E-state index contributed by atoms with van der Waals surface area (Å²) in [5.74, 6) is 0. The molecule has 200 valence electrons. The molecule has 40 heavy (non-hydrogen) atoms. The summed E-state index contributed by atoms with van der Waals surface area (Å²) in [6.07, 6.45) is 19.0. The first-order valence-corrected chi connectivity index (χ1v) is 19.3. The van der Waals surface area contributed by atoms with Gasteiger partial charge in [0.2, 0.25) is 0 Å². The normalized spacial score (nSPS) is 18.9. The predicted octanol–water partition coefficient (Wildman–Crippen LogP) is 8.11. The van der Waals surface area contributed by atoms with E-state index in [1.165, 1.54) is 77.7 Å². The zero-order valence-electron chi connectivity index (χ0n) is 24.5. The van der Waals surface area contributed by atoms with Crippen molar-refractivity contribution in [3.05, 3.63) is 153 Å². The van der Waals surface area contributed by atoms with Gasteiger partial charge in [0.15, 0.2) is 0 Å². The van der Waals surface area contributed by atoms with Gasteiger partial charge in [-0.3, -0.25) is 0 Å². The van der Waals surface area contributed by atoms with E-state index in [4.69, 9.17) is 0 Å². The summed E-state index contributed by atoms with van der Waals surface area (Å²) < 4.78 is 1.42. The Morgan fingerprint density at radius 1 is 0.900 bits per heavy atom. The van der Waals surface area contributed by atoms with Crippen LogP contribution in [0.5, 0.6) is 0 Å². The van der Waals surface area contributed by atoms with E-state index in [2.05, 4.69) is 149 Å². The molecule has 0 N–H and O–H groups in total. The molecule has 0 heterocycles. The second-order valence-corrected chi connectivity index (χ2v) is 18.5. The van der Waals surface area contributed by atoms with Crippen LogP contribution in [-0.4, -0.2) is 11.3 Å². The fourth-order valence-corrected chi connectivity index (χ4v) is 9.79. The second kappa shape index (κ2) is 12.1. The van der Waals surface area contributed by atoms with E-state index in [1.54, 1.807) is 5.57 Å². The summed E-state index contributed by atoms with van der Waals surface area (Å²) in [5, 5.41) is 2.83. The Morgan fingerprint density at radius 2 is 1.55 bits per heavy atom. The fourth-order valence-electron chi connectivity index (χ4n) is 6.29. The standard InChI is InChI=1S/C25H29Si.C13H10.Zr/c1-6-18-12-13-21-20(16-18)17-23-22(21)14-15-25(7-2,26(3,4)5)24(23)19-10-8-9-11-19;1-3-7-12(8-4-1)11-13-9-5-2-6-10-13;/h8-10,12-16H,6-7,11H2,1-5H3;1-10H;/q-1;;. The third-order valence-corrected chi connectivity index (χ3v) is 13.5. The van der Waals surface area contributed by atoms with Gasteiger partial charge in [-0.2, -0.15) is 0 Å². The first-order valence-electron chi connectivity index (χ1n) is 14.6. The van der Waals surface area contributed by atoms with Crippen molar-refractivity contribution in [2.45, 2.75) is 57.8 Å². The van der Waals surface area contributed by atoms with Crippen molar-refractivity contribution >= 4 is 22.9 Å². The first-order chi connectivity index (χ1) is 19.3. The molecule has 3 aliphatic carbocycles. The van der Waals surface area contributed by atoms with Crippen LogP contribution in [0.15, 0.2) is 126 Å². The third kappa shape index (κ3) is 5.46. The van der Waals surface area contributed by atoms with Crippen molar-refractivity contribution in [1.82, 2.24) is 0 Å². The SMILES string of the molecule is CCc1ccc2c(c1)=[C-]C1=C(C3=CC=CC3)C(CC)([Si](C)(C)C)C=CC=21.[Zr]=[C](c1ccccc1)c1ccccc1. The van der Waals surface area contributed by atoms with Crippen LogP contribution < -0.4 is 10.4 Å². The van der Waals surface area contributed by atoms with Crippen LogP contribution in [0.25, 0.3) is 11.6 Å². The van der Waals surface area contributed by atoms with Gasteiger partial charge in [0, 0.05) is 0 Å². The molecule has 2 heteroatoms. The molecule has 0 aromatic heterocycles. The van der Waals surface area contributed by atoms with Crippen molar-refractivity contribution in [3.8, 4) is 0 Å². The van der Waals surface area contributed by atoms with Crippen molar-refractivity contribution in [2.24, 2.45) is 0 Å². The Labute approximate surface area is 256 Å². The van der Waals surface area contributed by atoms with E-state index in [0.717, 1.165) is 12.8 Å². The molecule has 0 fully saturated rings. The van der Waals surface area contributed by atoms with Crippen LogP contribution in [0.4, 0.5) is 0 Å². The summed E-state index contributed by atoms with van der Waals surface area (Å²) in [7, 11) is -1.48. The molecular weight excluding hydrogens is 576 g/mol. The van der Waals surface area contributed by atoms with Gasteiger partial charge in [-0.1, -0.05) is 99.1 Å². The van der Waals surface area contributed by atoms with Crippen LogP contribution >= 0.6 is 0 Å². The summed E-state index contributed by atoms with van der Waals surface area (Å²) in [4.78, 5) is 0. The molecule has 3 aliphatic rings. The number of fused-ring (bicyclic) bond motifs is 2. The molecule has 0 nitrogen and oxygen atoms in total. The topological polar surface area (TPSA) is 0 Å². The molecule has 3 aromatic rings. The first kappa shape index (κ1) is 28.8. The van der Waals surface area contributed by atoms with E-state index in [9.17, 15) is 0 Å². The number of benzene rings is 3. The Hall–Kier alpha value is -2.67. The number of hydrogen-bond acceptors (Lipinski definition) is 0. The van der Waals surface area contributed by atoms with Crippen LogP contribution in [0.1, 0.15) is 43.4 Å². The minimum absolute atomic E-state index is 0.187. The van der Waals surface area contributed by atoms with Gasteiger partial charge in [0.05, 0.1) is 8.07 Å². The average molecular weight is 615 g/mol. The number of rotatable bonds is 6. The average Bonchev–Trinajstić information content (AvgIpc) is 3.64. The third-order valence-electron chi connectivity index (χ3n) is 8.66. The summed E-state index contributed by atoms with van der Waals surface area (Å²) in [6, 6.07) is 28.0. The van der Waals surface area contributed by atoms with Crippen LogP contribution in [0, 0.1) is 0 Å². The Morgan fingerprint density at radius 3 is 2.08 bits per heavy atom. The molecule has 3 aromatic carbocycles. The molecule has 1 unspecified atom stereocenters. The molecule has 0 radical (unpaired) electrons. The van der Waals surface area contributed by atoms with E-state index in [0.29, 0.717) is 0 Å². The minimum atomic E-state index is -1.48. The summed E-state index contributed by atoms with van der Waals surface area (Å²) in [5.41, 5.74) is 9.88. The van der Waals surface area contributed by atoms with Crippen molar-refractivity contribution in [1.29, 1.82) is 0 Å². The van der Waals surface area contributed by atoms with Crippen molar-refractivity contribution < 1.29 is 24.2 Å². The monoisotopic (exact) mass is 613 g/mol. The number of hydrogen-bond donors (Lipinski definition) is 0. The van der Waals surface area contributed by atoms with Crippen LogP contribution in [0.3, 0.4) is 0 Å². The molecule has 0 amide bonds. The number of aryl methyl sites for hydroxylation is 1. The van der Waals surface area contributed by atoms with Crippen LogP contribution in [0.2, 0.25) is 24.7 Å². The zero-order chi connectivity index (χ0) is 28.3. The predicted molar refractivity (Wildman–Crippen MR) is 172 cm³/mol. The number of allylic oxidation sites excluding steroid dienone is 8. The van der Waals surface area contributed by atoms with Gasteiger partial charge < -0.3 is 0 Å². The summed E-state index contributed by atoms with van der Waals surface area (Å²) >= 11 is 1.46. The van der Waals surface area contributed by atoms with Gasteiger partial charge in [0.1, 0.15) is 0 Å². The van der Waals surface area contributed by atoms with E-state index in [-0.39, 0.29) is 5.04 Å². The molecule has 0 aliphatic heterocycles. The van der Waals surface area contributed by atoms with Gasteiger partial charge in [0.25, 0.3) is 0 Å². The Balaban J connectivity index is 0.000000194. The van der Waals surface area contributed by atoms with E-state index < -0.39 is 8.07 Å². The Kier molecular flexibility index (Phi) is 8.69. The van der Waals surface area contributed by atoms with E-state index in [1.807, 2.05) is 0 Å². The van der Waals surface area contributed by atoms with Crippen LogP contribution in [-0.2, 0) is 30.7 Å². The molecule has 0 spiro atoms. The maximum atomic E-state index is 3.84. The molecule has 0 saturated carbocycles. The van der Waals surface area contributed by atoms with Crippen molar-refractivity contribution in [3.63, 3.8) is 0 Å². The van der Waals surface area contributed by atoms with Crippen molar-refractivity contribution in [2.75, 3.05) is 0 Å². The quantitative estimate of drug-likeness (QED) is 0.194. The molecule has 1 atom stereocenters. The van der Waals surface area contributed by atoms with Gasteiger partial charge >= 0.3 is 99.2 Å². The van der Waals surface area contributed by atoms with Gasteiger partial charge in [-0.25, -0.2) is 0 Å². The van der Waals surface area contributed by atoms with Gasteiger partial charge in [-0.15, -0.1) is 33.7 Å². The molecule has 6 rings (SSSR count). The summed E-state index contributed by atoms with van der Waals surface area (Å²) in [6.45, 7) is 12.2. The molecule has 0 saturated heterocycles. The zero-order valence-corrected chi connectivity index (χ0v) is 28.0. The molecular formula is C38H39SiZr-. The van der Waals surface area contributed by atoms with Gasteiger partial charge in [-0.05, 0) is 17.9 Å². The maximum absolute atomic E-state index is 3.84. The van der Waals surface area contributed by atoms with E-state index >= 15 is 0 Å². The fraction of sp³-hybridized carbons (Fsp3) is 0.237. The second-order valence-electron chi connectivity index (χ2n) is 11.9. The molecule has 0 bridgehead atoms.